The Kier molecular flexibility index (Phi) is 7.21. The molecule has 0 aromatic heterocycles. The Morgan fingerprint density at radius 2 is 1.70 bits per heavy atom. The fourth-order valence-corrected chi connectivity index (χ4v) is 2.81. The van der Waals surface area contributed by atoms with Crippen LogP contribution in [0, 0.1) is 0 Å². The molecule has 0 saturated heterocycles. The van der Waals surface area contributed by atoms with E-state index >= 15 is 0 Å². The second-order valence-corrected chi connectivity index (χ2v) is 6.32. The summed E-state index contributed by atoms with van der Waals surface area (Å²) in [5.74, 6) is 1.29. The molecule has 0 spiro atoms. The molecule has 2 aromatic rings. The Morgan fingerprint density at radius 3 is 2.33 bits per heavy atom. The number of alkyl halides is 3. The molecule has 0 aliphatic carbocycles. The van der Waals surface area contributed by atoms with Crippen molar-refractivity contribution in [1.29, 1.82) is 0 Å². The maximum Gasteiger partial charge on any atom is 0.417 e. The third-order valence-electron chi connectivity index (χ3n) is 4.08. The zero-order valence-corrected chi connectivity index (χ0v) is 16.0. The van der Waals surface area contributed by atoms with Crippen molar-refractivity contribution in [2.75, 3.05) is 32.6 Å². The Hall–Kier alpha value is -2.12. The Bertz CT molecular complexity index is 769. The van der Waals surface area contributed by atoms with Crippen LogP contribution in [0.4, 0.5) is 18.9 Å². The molecule has 1 atom stereocenters. The first kappa shape index (κ1) is 21.2. The minimum Gasteiger partial charge on any atom is -0.493 e. The number of hydrogen-bond donors (Lipinski definition) is 2. The zero-order chi connectivity index (χ0) is 20.0. The molecule has 0 bridgehead atoms. The van der Waals surface area contributed by atoms with Gasteiger partial charge in [0.1, 0.15) is 0 Å². The van der Waals surface area contributed by atoms with Crippen LogP contribution in [0.5, 0.6) is 11.5 Å². The van der Waals surface area contributed by atoms with E-state index in [2.05, 4.69) is 10.6 Å². The van der Waals surface area contributed by atoms with Gasteiger partial charge < -0.3 is 20.1 Å². The molecular weight excluding hydrogens is 381 g/mol. The molecule has 2 aromatic carbocycles. The Labute approximate surface area is 161 Å². The van der Waals surface area contributed by atoms with Crippen LogP contribution in [0.25, 0.3) is 0 Å². The zero-order valence-electron chi connectivity index (χ0n) is 15.3. The third kappa shape index (κ3) is 5.68. The Morgan fingerprint density at radius 1 is 1.00 bits per heavy atom. The van der Waals surface area contributed by atoms with Gasteiger partial charge in [-0.15, -0.1) is 0 Å². The second-order valence-electron chi connectivity index (χ2n) is 5.91. The Balaban J connectivity index is 1.90. The van der Waals surface area contributed by atoms with Gasteiger partial charge in [0.25, 0.3) is 0 Å². The van der Waals surface area contributed by atoms with Gasteiger partial charge >= 0.3 is 6.18 Å². The normalized spacial score (nSPS) is 12.6. The number of ether oxygens (including phenoxy) is 2. The van der Waals surface area contributed by atoms with Crippen molar-refractivity contribution in [1.82, 2.24) is 5.32 Å². The highest BCUT2D eigenvalue weighted by Gasteiger charge is 2.33. The second kappa shape index (κ2) is 9.19. The molecular formula is C19H22ClF3N2O2. The van der Waals surface area contributed by atoms with E-state index in [1.165, 1.54) is 12.1 Å². The van der Waals surface area contributed by atoms with E-state index in [0.29, 0.717) is 30.3 Å². The lowest BCUT2D eigenvalue weighted by molar-refractivity contribution is -0.137. The molecule has 0 amide bonds. The average Bonchev–Trinajstić information content (AvgIpc) is 2.64. The van der Waals surface area contributed by atoms with Crippen LogP contribution in [-0.2, 0) is 6.18 Å². The topological polar surface area (TPSA) is 42.5 Å². The van der Waals surface area contributed by atoms with E-state index in [0.717, 1.165) is 11.6 Å². The first-order valence-electron chi connectivity index (χ1n) is 8.32. The van der Waals surface area contributed by atoms with Gasteiger partial charge in [0.15, 0.2) is 11.5 Å². The van der Waals surface area contributed by atoms with Crippen molar-refractivity contribution < 1.29 is 22.6 Å². The minimum atomic E-state index is -4.48. The van der Waals surface area contributed by atoms with Crippen molar-refractivity contribution in [2.45, 2.75) is 19.1 Å². The van der Waals surface area contributed by atoms with Crippen molar-refractivity contribution >= 4 is 17.3 Å². The number of rotatable bonds is 8. The van der Waals surface area contributed by atoms with Crippen molar-refractivity contribution in [2.24, 2.45) is 0 Å². The summed E-state index contributed by atoms with van der Waals surface area (Å²) in [4.78, 5) is 0. The lowest BCUT2D eigenvalue weighted by atomic mass is 10.1. The number of methoxy groups -OCH3 is 2. The summed E-state index contributed by atoms with van der Waals surface area (Å²) in [6.45, 7) is 3.00. The van der Waals surface area contributed by atoms with Crippen LogP contribution in [0.3, 0.4) is 0 Å². The highest BCUT2D eigenvalue weighted by atomic mass is 35.5. The molecule has 0 heterocycles. The van der Waals surface area contributed by atoms with Gasteiger partial charge in [-0.1, -0.05) is 17.7 Å². The summed E-state index contributed by atoms with van der Waals surface area (Å²) in [6.07, 6.45) is -4.48. The summed E-state index contributed by atoms with van der Waals surface area (Å²) >= 11 is 5.62. The molecule has 0 saturated carbocycles. The van der Waals surface area contributed by atoms with Crippen LogP contribution in [0.2, 0.25) is 5.02 Å². The third-order valence-corrected chi connectivity index (χ3v) is 4.41. The number of nitrogens with one attached hydrogen (secondary N) is 2. The SMILES string of the molecule is COc1ccc([C@@H](C)NCCNc2ccc(Cl)c(C(F)(F)F)c2)cc1OC. The summed E-state index contributed by atoms with van der Waals surface area (Å²) in [7, 11) is 3.15. The molecule has 2 rings (SSSR count). The minimum absolute atomic E-state index is 0.0301. The quantitative estimate of drug-likeness (QED) is 0.600. The maximum atomic E-state index is 12.9. The van der Waals surface area contributed by atoms with E-state index in [-0.39, 0.29) is 11.1 Å². The highest BCUT2D eigenvalue weighted by molar-refractivity contribution is 6.31. The van der Waals surface area contributed by atoms with Gasteiger partial charge in [-0.25, -0.2) is 0 Å². The molecule has 8 heteroatoms. The highest BCUT2D eigenvalue weighted by Crippen LogP contribution is 2.36. The molecule has 0 fully saturated rings. The molecule has 0 aliphatic heterocycles. The van der Waals surface area contributed by atoms with Crippen LogP contribution >= 0.6 is 11.6 Å². The molecule has 148 valence electrons. The van der Waals surface area contributed by atoms with Gasteiger partial charge in [0.2, 0.25) is 0 Å². The van der Waals surface area contributed by atoms with Gasteiger partial charge in [0, 0.05) is 24.8 Å². The first-order chi connectivity index (χ1) is 12.8. The molecule has 27 heavy (non-hydrogen) atoms. The summed E-state index contributed by atoms with van der Waals surface area (Å²) < 4.78 is 49.2. The van der Waals surface area contributed by atoms with Crippen molar-refractivity contribution in [3.8, 4) is 11.5 Å². The standard InChI is InChI=1S/C19H22ClF3N2O2/c1-12(13-4-7-17(26-2)18(10-13)27-3)24-8-9-25-14-5-6-16(20)15(11-14)19(21,22)23/h4-7,10-12,24-25H,8-9H2,1-3H3/t12-/m1/s1. The predicted octanol–water partition coefficient (Wildman–Crippen LogP) is 5.14. The summed E-state index contributed by atoms with van der Waals surface area (Å²) in [6, 6.07) is 9.46. The van der Waals surface area contributed by atoms with Crippen molar-refractivity contribution in [3.05, 3.63) is 52.5 Å². The largest absolute Gasteiger partial charge is 0.493 e. The van der Waals surface area contributed by atoms with Crippen LogP contribution in [0.1, 0.15) is 24.1 Å². The van der Waals surface area contributed by atoms with Gasteiger partial charge in [-0.3, -0.25) is 0 Å². The fourth-order valence-electron chi connectivity index (χ4n) is 2.59. The monoisotopic (exact) mass is 402 g/mol. The van der Waals surface area contributed by atoms with E-state index in [1.807, 2.05) is 25.1 Å². The summed E-state index contributed by atoms with van der Waals surface area (Å²) in [5, 5.41) is 5.96. The number of benzene rings is 2. The average molecular weight is 403 g/mol. The van der Waals surface area contributed by atoms with Gasteiger partial charge in [-0.05, 0) is 42.8 Å². The number of hydrogen-bond acceptors (Lipinski definition) is 4. The molecule has 0 radical (unpaired) electrons. The molecule has 2 N–H and O–H groups in total. The maximum absolute atomic E-state index is 12.9. The van der Waals surface area contributed by atoms with E-state index in [1.54, 1.807) is 14.2 Å². The van der Waals surface area contributed by atoms with Gasteiger partial charge in [0.05, 0.1) is 24.8 Å². The van der Waals surface area contributed by atoms with E-state index in [9.17, 15) is 13.2 Å². The van der Waals surface area contributed by atoms with Crippen LogP contribution in [-0.4, -0.2) is 27.3 Å². The molecule has 0 aliphatic rings. The number of halogens is 4. The molecule has 4 nitrogen and oxygen atoms in total. The van der Waals surface area contributed by atoms with E-state index < -0.39 is 11.7 Å². The number of anilines is 1. The first-order valence-corrected chi connectivity index (χ1v) is 8.70. The fraction of sp³-hybridized carbons (Fsp3) is 0.368. The smallest absolute Gasteiger partial charge is 0.417 e. The van der Waals surface area contributed by atoms with Crippen LogP contribution < -0.4 is 20.1 Å². The van der Waals surface area contributed by atoms with E-state index in [4.69, 9.17) is 21.1 Å². The van der Waals surface area contributed by atoms with Crippen LogP contribution in [0.15, 0.2) is 36.4 Å². The van der Waals surface area contributed by atoms with Gasteiger partial charge in [-0.2, -0.15) is 13.2 Å². The predicted molar refractivity (Wildman–Crippen MR) is 101 cm³/mol. The van der Waals surface area contributed by atoms with Crippen molar-refractivity contribution in [3.63, 3.8) is 0 Å². The molecule has 0 unspecified atom stereocenters. The summed E-state index contributed by atoms with van der Waals surface area (Å²) in [5.41, 5.74) is 0.534. The lowest BCUT2D eigenvalue weighted by Gasteiger charge is -2.17. The lowest BCUT2D eigenvalue weighted by Crippen LogP contribution is -2.25.